The van der Waals surface area contributed by atoms with Gasteiger partial charge in [0.1, 0.15) is 0 Å². The van der Waals surface area contributed by atoms with E-state index in [1.165, 1.54) is 10.4 Å². The summed E-state index contributed by atoms with van der Waals surface area (Å²) in [4.78, 5) is 4.55. The van der Waals surface area contributed by atoms with Gasteiger partial charge in [0.2, 0.25) is 0 Å². The highest BCUT2D eigenvalue weighted by molar-refractivity contribution is 7.86. The van der Waals surface area contributed by atoms with Gasteiger partial charge in [0.05, 0.1) is 19.0 Å². The van der Waals surface area contributed by atoms with E-state index < -0.39 is 18.4 Å². The predicted octanol–water partition coefficient (Wildman–Crippen LogP) is 3.59. The van der Waals surface area contributed by atoms with E-state index in [-0.39, 0.29) is 22.8 Å². The van der Waals surface area contributed by atoms with Crippen molar-refractivity contribution in [2.75, 3.05) is 72.0 Å². The second-order valence-electron chi connectivity index (χ2n) is 12.6. The van der Waals surface area contributed by atoms with Crippen LogP contribution < -0.4 is 10.4 Å². The van der Waals surface area contributed by atoms with Crippen LogP contribution in [0.2, 0.25) is 5.04 Å². The first kappa shape index (κ1) is 32.9. The molecule has 0 unspecified atom stereocenters. The monoisotopic (exact) mass is 590 g/mol. The van der Waals surface area contributed by atoms with Crippen LogP contribution in [0.4, 0.5) is 0 Å². The molecule has 9 heteroatoms. The topological polar surface area (TPSA) is 68.3 Å². The first-order chi connectivity index (χ1) is 18.9. The summed E-state index contributed by atoms with van der Waals surface area (Å²) in [6.45, 7) is 17.3. The van der Waals surface area contributed by atoms with Crippen LogP contribution in [-0.2, 0) is 23.5 Å². The molecule has 0 aromatic heterocycles. The van der Waals surface area contributed by atoms with Crippen LogP contribution in [0.1, 0.15) is 41.0 Å². The van der Waals surface area contributed by atoms with Crippen molar-refractivity contribution in [3.8, 4) is 0 Å². The minimum absolute atomic E-state index is 0.0136. The van der Waals surface area contributed by atoms with Crippen molar-refractivity contribution in [3.63, 3.8) is 0 Å². The largest absolute Gasteiger partial charge is 0.407 e. The number of methoxy groups -OCH3 is 1. The van der Waals surface area contributed by atoms with Gasteiger partial charge < -0.3 is 9.16 Å². The fourth-order valence-electron chi connectivity index (χ4n) is 5.32. The first-order valence-electron chi connectivity index (χ1n) is 14.4. The molecule has 0 spiro atoms. The van der Waals surface area contributed by atoms with Gasteiger partial charge in [-0.2, -0.15) is 8.42 Å². The maximum Gasteiger partial charge on any atom is 0.268 e. The maximum atomic E-state index is 12.8. The summed E-state index contributed by atoms with van der Waals surface area (Å²) < 4.78 is 43.2. The molecule has 0 atom stereocenters. The van der Waals surface area contributed by atoms with E-state index in [1.807, 2.05) is 12.1 Å². The smallest absolute Gasteiger partial charge is 0.268 e. The second-order valence-corrected chi connectivity index (χ2v) is 18.7. The summed E-state index contributed by atoms with van der Waals surface area (Å²) in [6, 6.07) is 21.2. The number of rotatable bonds is 15. The van der Waals surface area contributed by atoms with E-state index in [0.717, 1.165) is 39.3 Å². The van der Waals surface area contributed by atoms with Gasteiger partial charge in [-0.25, -0.2) is 0 Å². The van der Waals surface area contributed by atoms with Gasteiger partial charge in [0, 0.05) is 53.0 Å². The molecule has 2 aromatic rings. The van der Waals surface area contributed by atoms with Crippen molar-refractivity contribution >= 4 is 28.8 Å². The molecular weight excluding hydrogens is 541 g/mol. The molecule has 1 aliphatic heterocycles. The molecule has 1 saturated heterocycles. The van der Waals surface area contributed by atoms with Gasteiger partial charge in [0.25, 0.3) is 18.4 Å². The summed E-state index contributed by atoms with van der Waals surface area (Å²) in [5, 5.41) is 2.38. The number of nitrogens with zero attached hydrogens (tertiary/aromatic N) is 2. The summed E-state index contributed by atoms with van der Waals surface area (Å²) in [5.74, 6) is 0.0136. The molecule has 3 rings (SSSR count). The summed E-state index contributed by atoms with van der Waals surface area (Å²) >= 11 is 0. The normalized spacial score (nSPS) is 16.4. The Balaban J connectivity index is 1.57. The van der Waals surface area contributed by atoms with Crippen molar-refractivity contribution in [1.29, 1.82) is 0 Å². The lowest BCUT2D eigenvalue weighted by Crippen LogP contribution is -2.66. The Labute approximate surface area is 244 Å². The predicted molar refractivity (Wildman–Crippen MR) is 166 cm³/mol. The van der Waals surface area contributed by atoms with Gasteiger partial charge in [-0.15, -0.1) is 0 Å². The van der Waals surface area contributed by atoms with E-state index in [0.29, 0.717) is 19.6 Å². The third kappa shape index (κ3) is 9.21. The molecule has 0 bridgehead atoms. The fraction of sp³-hybridized carbons (Fsp3) is 0.613. The zero-order chi connectivity index (χ0) is 29.3. The van der Waals surface area contributed by atoms with Gasteiger partial charge in [-0.3, -0.25) is 14.0 Å². The van der Waals surface area contributed by atoms with Crippen LogP contribution in [0.3, 0.4) is 0 Å². The SMILES string of the molecule is COCCN1CCN(CCS(=O)(=O)OCC(C)(C)CCO[Si](c2ccccc2)(c2ccccc2)C(C)(C)C)CC1. The van der Waals surface area contributed by atoms with E-state index in [9.17, 15) is 8.42 Å². The minimum atomic E-state index is -3.61. The minimum Gasteiger partial charge on any atom is -0.407 e. The zero-order valence-corrected chi connectivity index (χ0v) is 27.2. The van der Waals surface area contributed by atoms with Gasteiger partial charge >= 0.3 is 0 Å². The second kappa shape index (κ2) is 14.5. The van der Waals surface area contributed by atoms with Crippen molar-refractivity contribution in [2.45, 2.75) is 46.1 Å². The quantitative estimate of drug-likeness (QED) is 0.232. The Morgan fingerprint density at radius 3 is 1.75 bits per heavy atom. The van der Waals surface area contributed by atoms with Gasteiger partial charge in [-0.05, 0) is 27.2 Å². The van der Waals surface area contributed by atoms with Crippen molar-refractivity contribution in [1.82, 2.24) is 9.80 Å². The van der Waals surface area contributed by atoms with Crippen LogP contribution in [0, 0.1) is 5.41 Å². The summed E-state index contributed by atoms with van der Waals surface area (Å²) in [5.41, 5.74) is -0.356. The summed E-state index contributed by atoms with van der Waals surface area (Å²) in [6.07, 6.45) is 0.691. The number of hydrogen-bond donors (Lipinski definition) is 0. The average Bonchev–Trinajstić information content (AvgIpc) is 2.93. The number of benzene rings is 2. The average molecular weight is 591 g/mol. The fourth-order valence-corrected chi connectivity index (χ4v) is 11.0. The van der Waals surface area contributed by atoms with E-state index in [2.05, 4.69) is 92.9 Å². The Bertz CT molecular complexity index is 1080. The van der Waals surface area contributed by atoms with Crippen LogP contribution in [0.5, 0.6) is 0 Å². The molecule has 0 amide bonds. The molecule has 40 heavy (non-hydrogen) atoms. The van der Waals surface area contributed by atoms with Crippen LogP contribution in [-0.4, -0.2) is 98.5 Å². The highest BCUT2D eigenvalue weighted by Crippen LogP contribution is 2.37. The number of piperazine rings is 1. The molecule has 0 radical (unpaired) electrons. The third-order valence-corrected chi connectivity index (χ3v) is 14.1. The Hall–Kier alpha value is -1.59. The van der Waals surface area contributed by atoms with E-state index in [1.54, 1.807) is 7.11 Å². The summed E-state index contributed by atoms with van der Waals surface area (Å²) in [7, 11) is -4.53. The Morgan fingerprint density at radius 2 is 1.27 bits per heavy atom. The molecule has 1 fully saturated rings. The first-order valence-corrected chi connectivity index (χ1v) is 17.9. The highest BCUT2D eigenvalue weighted by Gasteiger charge is 2.50. The van der Waals surface area contributed by atoms with Crippen molar-refractivity contribution in [2.24, 2.45) is 5.41 Å². The molecule has 0 saturated carbocycles. The van der Waals surface area contributed by atoms with Crippen molar-refractivity contribution < 1.29 is 21.8 Å². The Morgan fingerprint density at radius 1 is 0.775 bits per heavy atom. The third-order valence-electron chi connectivity index (χ3n) is 7.88. The van der Waals surface area contributed by atoms with Crippen LogP contribution >= 0.6 is 0 Å². The molecule has 224 valence electrons. The van der Waals surface area contributed by atoms with Gasteiger partial charge in [-0.1, -0.05) is 95.3 Å². The van der Waals surface area contributed by atoms with Crippen LogP contribution in [0.15, 0.2) is 60.7 Å². The standard InChI is InChI=1S/C31H50N2O5SSi/c1-30(2,3)40(28-13-9-7-10-14-28,29-15-11-8-12-16-29)38-24-17-31(4,5)27-37-39(34,35)26-23-33-20-18-32(19-21-33)22-25-36-6/h7-16H,17-27H2,1-6H3. The lowest BCUT2D eigenvalue weighted by atomic mass is 9.91. The van der Waals surface area contributed by atoms with E-state index in [4.69, 9.17) is 13.3 Å². The van der Waals surface area contributed by atoms with E-state index >= 15 is 0 Å². The molecular formula is C31H50N2O5SSi. The molecule has 1 aliphatic rings. The lowest BCUT2D eigenvalue weighted by molar-refractivity contribution is 0.0991. The zero-order valence-electron chi connectivity index (χ0n) is 25.4. The lowest BCUT2D eigenvalue weighted by Gasteiger charge is -2.43. The molecule has 1 heterocycles. The Kier molecular flexibility index (Phi) is 12.0. The number of ether oxygens (including phenoxy) is 1. The molecule has 7 nitrogen and oxygen atoms in total. The molecule has 0 N–H and O–H groups in total. The van der Waals surface area contributed by atoms with Crippen molar-refractivity contribution in [3.05, 3.63) is 60.7 Å². The maximum absolute atomic E-state index is 12.8. The number of hydrogen-bond acceptors (Lipinski definition) is 7. The van der Waals surface area contributed by atoms with Crippen LogP contribution in [0.25, 0.3) is 0 Å². The highest BCUT2D eigenvalue weighted by atomic mass is 32.2. The molecule has 2 aromatic carbocycles. The molecule has 0 aliphatic carbocycles. The van der Waals surface area contributed by atoms with Gasteiger partial charge in [0.15, 0.2) is 0 Å².